The van der Waals surface area contributed by atoms with Crippen LogP contribution in [0.5, 0.6) is 0 Å². The summed E-state index contributed by atoms with van der Waals surface area (Å²) in [4.78, 5) is 4.16. The van der Waals surface area contributed by atoms with E-state index in [1.54, 1.807) is 6.07 Å². The fourth-order valence-corrected chi connectivity index (χ4v) is 2.55. The van der Waals surface area contributed by atoms with Gasteiger partial charge in [0.1, 0.15) is 5.82 Å². The standard InChI is InChI=1S/C17H29FN2/c1-3-5-6-7-8-9-10-13-17(19,4-2)16-12-11-15(18)14-20-16/h11-12,14H,3-10,13,19H2,1-2H3. The molecule has 3 heteroatoms. The third-order valence-electron chi connectivity index (χ3n) is 4.09. The zero-order chi connectivity index (χ0) is 14.8. The molecule has 20 heavy (non-hydrogen) atoms. The van der Waals surface area contributed by atoms with E-state index in [4.69, 9.17) is 5.73 Å². The Balaban J connectivity index is 2.36. The zero-order valence-corrected chi connectivity index (χ0v) is 13.0. The lowest BCUT2D eigenvalue weighted by Gasteiger charge is -2.27. The fourth-order valence-electron chi connectivity index (χ4n) is 2.55. The summed E-state index contributed by atoms with van der Waals surface area (Å²) in [5, 5.41) is 0. The molecule has 0 aliphatic rings. The van der Waals surface area contributed by atoms with Gasteiger partial charge in [-0.15, -0.1) is 0 Å². The molecule has 1 aromatic rings. The van der Waals surface area contributed by atoms with Crippen molar-refractivity contribution >= 4 is 0 Å². The van der Waals surface area contributed by atoms with E-state index in [0.29, 0.717) is 0 Å². The summed E-state index contributed by atoms with van der Waals surface area (Å²) in [6.45, 7) is 4.31. The van der Waals surface area contributed by atoms with Gasteiger partial charge >= 0.3 is 0 Å². The highest BCUT2D eigenvalue weighted by Gasteiger charge is 2.26. The van der Waals surface area contributed by atoms with Gasteiger partial charge in [0.15, 0.2) is 0 Å². The highest BCUT2D eigenvalue weighted by Crippen LogP contribution is 2.27. The maximum atomic E-state index is 12.9. The van der Waals surface area contributed by atoms with E-state index in [2.05, 4.69) is 18.8 Å². The molecule has 0 aliphatic carbocycles. The van der Waals surface area contributed by atoms with Gasteiger partial charge in [-0.05, 0) is 25.0 Å². The molecule has 1 atom stereocenters. The normalized spacial score (nSPS) is 14.2. The van der Waals surface area contributed by atoms with Crippen molar-refractivity contribution in [3.63, 3.8) is 0 Å². The number of hydrogen-bond donors (Lipinski definition) is 1. The van der Waals surface area contributed by atoms with Gasteiger partial charge in [0.2, 0.25) is 0 Å². The van der Waals surface area contributed by atoms with Crippen molar-refractivity contribution in [1.82, 2.24) is 4.98 Å². The maximum absolute atomic E-state index is 12.9. The molecule has 0 spiro atoms. The average Bonchev–Trinajstić information content (AvgIpc) is 2.46. The van der Waals surface area contributed by atoms with Crippen LogP contribution in [0.4, 0.5) is 4.39 Å². The Morgan fingerprint density at radius 1 is 1.05 bits per heavy atom. The van der Waals surface area contributed by atoms with Crippen LogP contribution in [-0.2, 0) is 5.54 Å². The minimum atomic E-state index is -0.406. The van der Waals surface area contributed by atoms with Crippen LogP contribution in [0.1, 0.15) is 77.3 Å². The van der Waals surface area contributed by atoms with Gasteiger partial charge in [-0.2, -0.15) is 0 Å². The van der Waals surface area contributed by atoms with Crippen molar-refractivity contribution < 1.29 is 4.39 Å². The van der Waals surface area contributed by atoms with Crippen LogP contribution in [0.2, 0.25) is 0 Å². The van der Waals surface area contributed by atoms with E-state index in [-0.39, 0.29) is 5.82 Å². The predicted octanol–water partition coefficient (Wildman–Crippen LogP) is 4.93. The number of halogens is 1. The molecule has 0 fully saturated rings. The van der Waals surface area contributed by atoms with Crippen LogP contribution >= 0.6 is 0 Å². The van der Waals surface area contributed by atoms with Crippen LogP contribution in [0, 0.1) is 5.82 Å². The van der Waals surface area contributed by atoms with E-state index >= 15 is 0 Å². The first-order valence-corrected chi connectivity index (χ1v) is 8.03. The highest BCUT2D eigenvalue weighted by molar-refractivity contribution is 5.15. The van der Waals surface area contributed by atoms with Gasteiger partial charge in [0, 0.05) is 0 Å². The van der Waals surface area contributed by atoms with Crippen molar-refractivity contribution in [3.05, 3.63) is 29.8 Å². The molecule has 0 saturated heterocycles. The molecule has 1 rings (SSSR count). The van der Waals surface area contributed by atoms with Gasteiger partial charge in [0.05, 0.1) is 17.4 Å². The summed E-state index contributed by atoms with van der Waals surface area (Å²) < 4.78 is 12.9. The van der Waals surface area contributed by atoms with Crippen LogP contribution in [0.3, 0.4) is 0 Å². The summed E-state index contributed by atoms with van der Waals surface area (Å²) >= 11 is 0. The molecule has 2 nitrogen and oxygen atoms in total. The van der Waals surface area contributed by atoms with E-state index in [1.807, 2.05) is 0 Å². The molecule has 1 heterocycles. The third kappa shape index (κ3) is 5.58. The first kappa shape index (κ1) is 17.1. The second-order valence-corrected chi connectivity index (χ2v) is 5.74. The van der Waals surface area contributed by atoms with Crippen LogP contribution in [0.25, 0.3) is 0 Å². The van der Waals surface area contributed by atoms with Gasteiger partial charge in [-0.1, -0.05) is 58.8 Å². The summed E-state index contributed by atoms with van der Waals surface area (Å²) in [6.07, 6.45) is 12.0. The molecule has 1 aromatic heterocycles. The molecule has 0 aliphatic heterocycles. The Bertz CT molecular complexity index is 364. The lowest BCUT2D eigenvalue weighted by atomic mass is 9.86. The van der Waals surface area contributed by atoms with Crippen LogP contribution < -0.4 is 5.73 Å². The summed E-state index contributed by atoms with van der Waals surface area (Å²) in [7, 11) is 0. The molecule has 2 N–H and O–H groups in total. The van der Waals surface area contributed by atoms with Crippen molar-refractivity contribution in [1.29, 1.82) is 0 Å². The van der Waals surface area contributed by atoms with E-state index in [9.17, 15) is 4.39 Å². The Kier molecular flexibility index (Phi) is 7.75. The van der Waals surface area contributed by atoms with Gasteiger partial charge in [0.25, 0.3) is 0 Å². The SMILES string of the molecule is CCCCCCCCCC(N)(CC)c1ccc(F)cn1. The Hall–Kier alpha value is -0.960. The number of aromatic nitrogens is 1. The third-order valence-corrected chi connectivity index (χ3v) is 4.09. The fraction of sp³-hybridized carbons (Fsp3) is 0.706. The second-order valence-electron chi connectivity index (χ2n) is 5.74. The lowest BCUT2D eigenvalue weighted by Crippen LogP contribution is -2.36. The Labute approximate surface area is 123 Å². The first-order valence-electron chi connectivity index (χ1n) is 8.03. The summed E-state index contributed by atoms with van der Waals surface area (Å²) in [5.41, 5.74) is 6.85. The monoisotopic (exact) mass is 280 g/mol. The summed E-state index contributed by atoms with van der Waals surface area (Å²) in [6, 6.07) is 3.17. The molecule has 114 valence electrons. The molecule has 0 amide bonds. The topological polar surface area (TPSA) is 38.9 Å². The Morgan fingerprint density at radius 2 is 1.70 bits per heavy atom. The van der Waals surface area contributed by atoms with Crippen molar-refractivity contribution in [2.24, 2.45) is 5.73 Å². The van der Waals surface area contributed by atoms with E-state index < -0.39 is 5.54 Å². The van der Waals surface area contributed by atoms with Crippen molar-refractivity contribution in [2.75, 3.05) is 0 Å². The minimum absolute atomic E-state index is 0.303. The van der Waals surface area contributed by atoms with Gasteiger partial charge in [-0.25, -0.2) is 4.39 Å². The molecular formula is C17H29FN2. The smallest absolute Gasteiger partial charge is 0.141 e. The quantitative estimate of drug-likeness (QED) is 0.617. The number of nitrogens with zero attached hydrogens (tertiary/aromatic N) is 1. The van der Waals surface area contributed by atoms with E-state index in [0.717, 1.165) is 25.0 Å². The van der Waals surface area contributed by atoms with Crippen LogP contribution in [-0.4, -0.2) is 4.98 Å². The van der Waals surface area contributed by atoms with E-state index in [1.165, 1.54) is 50.8 Å². The van der Waals surface area contributed by atoms with Gasteiger partial charge in [-0.3, -0.25) is 4.98 Å². The van der Waals surface area contributed by atoms with Crippen molar-refractivity contribution in [2.45, 2.75) is 77.2 Å². The number of pyridine rings is 1. The number of unbranched alkanes of at least 4 members (excludes halogenated alkanes) is 6. The predicted molar refractivity (Wildman–Crippen MR) is 83.0 cm³/mol. The molecule has 0 radical (unpaired) electrons. The minimum Gasteiger partial charge on any atom is -0.320 e. The number of nitrogens with two attached hydrogens (primary N) is 1. The van der Waals surface area contributed by atoms with Gasteiger partial charge < -0.3 is 5.73 Å². The van der Waals surface area contributed by atoms with Crippen molar-refractivity contribution in [3.8, 4) is 0 Å². The largest absolute Gasteiger partial charge is 0.320 e. The molecule has 1 unspecified atom stereocenters. The lowest BCUT2D eigenvalue weighted by molar-refractivity contribution is 0.362. The number of hydrogen-bond acceptors (Lipinski definition) is 2. The first-order chi connectivity index (χ1) is 9.62. The summed E-state index contributed by atoms with van der Waals surface area (Å²) in [5.74, 6) is -0.303. The molecular weight excluding hydrogens is 251 g/mol. The molecule has 0 aromatic carbocycles. The molecule has 0 saturated carbocycles. The number of rotatable bonds is 10. The Morgan fingerprint density at radius 3 is 2.25 bits per heavy atom. The average molecular weight is 280 g/mol. The molecule has 0 bridgehead atoms. The van der Waals surface area contributed by atoms with Crippen LogP contribution in [0.15, 0.2) is 18.3 Å². The zero-order valence-electron chi connectivity index (χ0n) is 13.0. The second kappa shape index (κ2) is 9.06. The maximum Gasteiger partial charge on any atom is 0.141 e. The highest BCUT2D eigenvalue weighted by atomic mass is 19.1.